The topological polar surface area (TPSA) is 40.6 Å². The molecular formula is C18H15BrN2O2S. The fourth-order valence-electron chi connectivity index (χ4n) is 3.18. The Hall–Kier alpha value is -1.79. The standard InChI is InChI=1S/C18H15BrN2O2S/c1-11-3-2-4-14(9-11)20-16(22)15-10-24-17(21(15)18(20)23)12-5-7-13(19)8-6-12/h2-9,15,17H,10H2,1H3/t15-,17-/m0/s1. The van der Waals surface area contributed by atoms with Crippen molar-refractivity contribution in [3.63, 3.8) is 0 Å². The van der Waals surface area contributed by atoms with Crippen molar-refractivity contribution in [2.75, 3.05) is 10.7 Å². The summed E-state index contributed by atoms with van der Waals surface area (Å²) in [5.74, 6) is 0.505. The van der Waals surface area contributed by atoms with Crippen molar-refractivity contribution in [3.05, 3.63) is 64.1 Å². The van der Waals surface area contributed by atoms with Crippen LogP contribution in [0, 0.1) is 6.92 Å². The van der Waals surface area contributed by atoms with Crippen molar-refractivity contribution in [1.29, 1.82) is 0 Å². The predicted octanol–water partition coefficient (Wildman–Crippen LogP) is 4.34. The molecule has 2 atom stereocenters. The van der Waals surface area contributed by atoms with E-state index in [1.54, 1.807) is 16.7 Å². The zero-order valence-electron chi connectivity index (χ0n) is 13.0. The highest BCUT2D eigenvalue weighted by Gasteiger charge is 2.53. The van der Waals surface area contributed by atoms with Crippen LogP contribution in [0.2, 0.25) is 0 Å². The number of imide groups is 1. The molecule has 0 saturated carbocycles. The molecule has 122 valence electrons. The summed E-state index contributed by atoms with van der Waals surface area (Å²) >= 11 is 5.07. The van der Waals surface area contributed by atoms with Crippen LogP contribution in [0.5, 0.6) is 0 Å². The molecule has 0 spiro atoms. The largest absolute Gasteiger partial charge is 0.333 e. The Balaban J connectivity index is 1.69. The lowest BCUT2D eigenvalue weighted by atomic mass is 10.2. The van der Waals surface area contributed by atoms with E-state index in [1.165, 1.54) is 4.90 Å². The SMILES string of the molecule is Cc1cccc(N2C(=O)[C@@H]3CS[C@@H](c4ccc(Br)cc4)N3C2=O)c1. The van der Waals surface area contributed by atoms with Gasteiger partial charge in [-0.15, -0.1) is 11.8 Å². The number of carbonyl (C=O) groups is 2. The summed E-state index contributed by atoms with van der Waals surface area (Å²) in [6, 6.07) is 14.8. The van der Waals surface area contributed by atoms with Crippen LogP contribution in [0.15, 0.2) is 53.0 Å². The van der Waals surface area contributed by atoms with Crippen LogP contribution in [0.4, 0.5) is 10.5 Å². The summed E-state index contributed by atoms with van der Waals surface area (Å²) in [4.78, 5) is 28.8. The summed E-state index contributed by atoms with van der Waals surface area (Å²) < 4.78 is 0.996. The van der Waals surface area contributed by atoms with Gasteiger partial charge >= 0.3 is 6.03 Å². The average Bonchev–Trinajstić information content (AvgIpc) is 3.09. The van der Waals surface area contributed by atoms with Crippen molar-refractivity contribution in [2.45, 2.75) is 18.3 Å². The summed E-state index contributed by atoms with van der Waals surface area (Å²) in [5, 5.41) is -0.116. The molecule has 2 aromatic rings. The molecule has 2 aliphatic rings. The van der Waals surface area contributed by atoms with Gasteiger partial charge in [-0.3, -0.25) is 9.69 Å². The zero-order valence-corrected chi connectivity index (χ0v) is 15.4. The highest BCUT2D eigenvalue weighted by molar-refractivity contribution is 9.10. The fraction of sp³-hybridized carbons (Fsp3) is 0.222. The van der Waals surface area contributed by atoms with Crippen LogP contribution < -0.4 is 4.90 Å². The number of nitrogens with zero attached hydrogens (tertiary/aromatic N) is 2. The minimum Gasteiger partial charge on any atom is -0.295 e. The molecule has 0 aromatic heterocycles. The Bertz CT molecular complexity index is 824. The fourth-order valence-corrected chi connectivity index (χ4v) is 4.86. The number of rotatable bonds is 2. The maximum atomic E-state index is 13.0. The van der Waals surface area contributed by atoms with Gasteiger partial charge in [0.15, 0.2) is 0 Å². The number of aryl methyl sites for hydroxylation is 1. The van der Waals surface area contributed by atoms with E-state index in [2.05, 4.69) is 15.9 Å². The number of urea groups is 1. The zero-order chi connectivity index (χ0) is 16.8. The number of halogens is 1. The Morgan fingerprint density at radius 1 is 1.12 bits per heavy atom. The number of benzene rings is 2. The predicted molar refractivity (Wildman–Crippen MR) is 99.0 cm³/mol. The number of hydrogen-bond donors (Lipinski definition) is 0. The molecule has 0 N–H and O–H groups in total. The van der Waals surface area contributed by atoms with Crippen LogP contribution in [-0.4, -0.2) is 28.6 Å². The number of hydrogen-bond acceptors (Lipinski definition) is 3. The summed E-state index contributed by atoms with van der Waals surface area (Å²) in [5.41, 5.74) is 2.72. The molecule has 4 nitrogen and oxygen atoms in total. The first-order valence-electron chi connectivity index (χ1n) is 7.66. The highest BCUT2D eigenvalue weighted by atomic mass is 79.9. The Morgan fingerprint density at radius 3 is 2.58 bits per heavy atom. The van der Waals surface area contributed by atoms with E-state index >= 15 is 0 Å². The molecular weight excluding hydrogens is 388 g/mol. The normalized spacial score (nSPS) is 23.1. The van der Waals surface area contributed by atoms with Crippen molar-refractivity contribution in [2.24, 2.45) is 0 Å². The van der Waals surface area contributed by atoms with E-state index in [-0.39, 0.29) is 23.4 Å². The van der Waals surface area contributed by atoms with Gasteiger partial charge in [0, 0.05) is 10.2 Å². The number of anilines is 1. The van der Waals surface area contributed by atoms with E-state index in [0.717, 1.165) is 15.6 Å². The summed E-state index contributed by atoms with van der Waals surface area (Å²) in [7, 11) is 0. The first-order chi connectivity index (χ1) is 11.6. The van der Waals surface area contributed by atoms with Gasteiger partial charge in [-0.1, -0.05) is 40.2 Å². The van der Waals surface area contributed by atoms with Crippen LogP contribution in [0.1, 0.15) is 16.5 Å². The van der Waals surface area contributed by atoms with Gasteiger partial charge in [0.1, 0.15) is 11.4 Å². The van der Waals surface area contributed by atoms with Crippen LogP contribution in [0.25, 0.3) is 0 Å². The molecule has 2 fully saturated rings. The average molecular weight is 403 g/mol. The van der Waals surface area contributed by atoms with E-state index in [0.29, 0.717) is 11.4 Å². The molecule has 0 bridgehead atoms. The lowest BCUT2D eigenvalue weighted by Crippen LogP contribution is -2.33. The Morgan fingerprint density at radius 2 is 1.88 bits per heavy atom. The Kier molecular flexibility index (Phi) is 3.89. The number of amides is 3. The Labute approximate surface area is 152 Å². The minimum atomic E-state index is -0.378. The molecule has 3 amide bonds. The number of thioether (sulfide) groups is 1. The van der Waals surface area contributed by atoms with Gasteiger partial charge in [-0.2, -0.15) is 0 Å². The number of carbonyl (C=O) groups excluding carboxylic acids is 2. The molecule has 4 rings (SSSR count). The van der Waals surface area contributed by atoms with Gasteiger partial charge in [-0.05, 0) is 42.3 Å². The molecule has 0 unspecified atom stereocenters. The number of fused-ring (bicyclic) bond motifs is 1. The molecule has 2 aromatic carbocycles. The van der Waals surface area contributed by atoms with E-state index in [1.807, 2.05) is 55.5 Å². The second kappa shape index (κ2) is 5.93. The van der Waals surface area contributed by atoms with Crippen molar-refractivity contribution in [3.8, 4) is 0 Å². The lowest BCUT2D eigenvalue weighted by Gasteiger charge is -2.23. The van der Waals surface area contributed by atoms with Gasteiger partial charge in [0.25, 0.3) is 5.91 Å². The van der Waals surface area contributed by atoms with Gasteiger partial charge in [0.2, 0.25) is 0 Å². The molecule has 24 heavy (non-hydrogen) atoms. The van der Waals surface area contributed by atoms with Gasteiger partial charge in [-0.25, -0.2) is 9.69 Å². The summed E-state index contributed by atoms with van der Waals surface area (Å²) in [6.07, 6.45) is 0. The molecule has 0 aliphatic carbocycles. The van der Waals surface area contributed by atoms with Crippen molar-refractivity contribution < 1.29 is 9.59 Å². The molecule has 2 heterocycles. The second-order valence-corrected chi connectivity index (χ2v) is 7.98. The monoisotopic (exact) mass is 402 g/mol. The lowest BCUT2D eigenvalue weighted by molar-refractivity contribution is -0.119. The highest BCUT2D eigenvalue weighted by Crippen LogP contribution is 2.46. The second-order valence-electron chi connectivity index (χ2n) is 5.96. The van der Waals surface area contributed by atoms with E-state index in [9.17, 15) is 9.59 Å². The van der Waals surface area contributed by atoms with Crippen molar-refractivity contribution in [1.82, 2.24) is 4.90 Å². The summed E-state index contributed by atoms with van der Waals surface area (Å²) in [6.45, 7) is 1.95. The third-order valence-corrected chi connectivity index (χ3v) is 6.18. The smallest absolute Gasteiger partial charge is 0.295 e. The van der Waals surface area contributed by atoms with Gasteiger partial charge in [0.05, 0.1) is 5.69 Å². The van der Waals surface area contributed by atoms with Crippen LogP contribution in [0.3, 0.4) is 0 Å². The minimum absolute atomic E-state index is 0.116. The maximum Gasteiger partial charge on any atom is 0.333 e. The molecule has 2 aliphatic heterocycles. The first kappa shape index (κ1) is 15.7. The third kappa shape index (κ3) is 2.45. The molecule has 2 saturated heterocycles. The maximum absolute atomic E-state index is 13.0. The first-order valence-corrected chi connectivity index (χ1v) is 9.50. The molecule has 0 radical (unpaired) electrons. The van der Waals surface area contributed by atoms with E-state index < -0.39 is 0 Å². The van der Waals surface area contributed by atoms with Gasteiger partial charge < -0.3 is 0 Å². The quantitative estimate of drug-likeness (QED) is 0.701. The van der Waals surface area contributed by atoms with Crippen LogP contribution in [-0.2, 0) is 4.79 Å². The molecule has 6 heteroatoms. The van der Waals surface area contributed by atoms with Crippen molar-refractivity contribution >= 4 is 45.3 Å². The third-order valence-electron chi connectivity index (χ3n) is 4.33. The van der Waals surface area contributed by atoms with E-state index in [4.69, 9.17) is 0 Å². The van der Waals surface area contributed by atoms with Crippen LogP contribution >= 0.6 is 27.7 Å².